The summed E-state index contributed by atoms with van der Waals surface area (Å²) in [5.74, 6) is 0.0931. The molecular weight excluding hydrogens is 446 g/mol. The van der Waals surface area contributed by atoms with Crippen LogP contribution < -0.4 is 0 Å². The van der Waals surface area contributed by atoms with E-state index >= 15 is 0 Å². The number of likely N-dealkylation sites (N-methyl/N-ethyl adjacent to an activating group) is 1. The molecule has 0 bridgehead atoms. The molecule has 2 amide bonds. The number of carbonyl (C=O) groups is 2. The molecule has 0 spiro atoms. The second-order valence-corrected chi connectivity index (χ2v) is 11.1. The fourth-order valence-corrected chi connectivity index (χ4v) is 4.94. The average molecular weight is 486 g/mol. The molecule has 1 aliphatic rings. The van der Waals surface area contributed by atoms with E-state index in [2.05, 4.69) is 31.4 Å². The molecule has 186 valence electrons. The fraction of sp³-hybridized carbons (Fsp3) is 0.571. The molecule has 0 saturated heterocycles. The molecule has 0 N–H and O–H groups in total. The zero-order valence-corrected chi connectivity index (χ0v) is 22.0. The van der Waals surface area contributed by atoms with Crippen molar-refractivity contribution in [3.8, 4) is 0 Å². The molecule has 1 heterocycles. The fourth-order valence-electron chi connectivity index (χ4n) is 4.74. The van der Waals surface area contributed by atoms with Gasteiger partial charge in [-0.05, 0) is 48.9 Å². The summed E-state index contributed by atoms with van der Waals surface area (Å²) < 4.78 is 2.17. The number of hydrogen-bond donors (Lipinski definition) is 0. The van der Waals surface area contributed by atoms with Gasteiger partial charge in [0.15, 0.2) is 0 Å². The second-order valence-electron chi connectivity index (χ2n) is 10.7. The number of hydrogen-bond acceptors (Lipinski definition) is 2. The molecule has 1 fully saturated rings. The van der Waals surface area contributed by atoms with Crippen LogP contribution in [0.5, 0.6) is 0 Å². The Labute approximate surface area is 210 Å². The first kappa shape index (κ1) is 26.3. The van der Waals surface area contributed by atoms with Gasteiger partial charge in [0.1, 0.15) is 0 Å². The topological polar surface area (TPSA) is 45.6 Å². The van der Waals surface area contributed by atoms with E-state index in [0.717, 1.165) is 42.0 Å². The van der Waals surface area contributed by atoms with Crippen molar-refractivity contribution in [1.29, 1.82) is 0 Å². The molecule has 5 nitrogen and oxygen atoms in total. The van der Waals surface area contributed by atoms with Gasteiger partial charge >= 0.3 is 0 Å². The van der Waals surface area contributed by atoms with E-state index in [-0.39, 0.29) is 29.8 Å². The van der Waals surface area contributed by atoms with E-state index in [0.29, 0.717) is 26.1 Å². The first-order valence-electron chi connectivity index (χ1n) is 12.6. The summed E-state index contributed by atoms with van der Waals surface area (Å²) >= 11 is 6.40. The van der Waals surface area contributed by atoms with Gasteiger partial charge in [0.2, 0.25) is 11.8 Å². The van der Waals surface area contributed by atoms with Crippen LogP contribution in [0, 0.1) is 5.41 Å². The van der Waals surface area contributed by atoms with Gasteiger partial charge in [0.25, 0.3) is 0 Å². The maximum Gasteiger partial charge on any atom is 0.242 e. The van der Waals surface area contributed by atoms with Gasteiger partial charge in [-0.2, -0.15) is 0 Å². The maximum absolute atomic E-state index is 13.6. The summed E-state index contributed by atoms with van der Waals surface area (Å²) in [5, 5.41) is 0.748. The monoisotopic (exact) mass is 485 g/mol. The molecule has 0 unspecified atom stereocenters. The zero-order chi connectivity index (χ0) is 24.7. The number of halogens is 1. The van der Waals surface area contributed by atoms with Crippen LogP contribution in [0.1, 0.15) is 77.5 Å². The molecule has 34 heavy (non-hydrogen) atoms. The van der Waals surface area contributed by atoms with Gasteiger partial charge in [0, 0.05) is 42.5 Å². The summed E-state index contributed by atoms with van der Waals surface area (Å²) in [4.78, 5) is 30.2. The first-order valence-corrected chi connectivity index (χ1v) is 13.0. The zero-order valence-electron chi connectivity index (χ0n) is 21.2. The predicted molar refractivity (Wildman–Crippen MR) is 139 cm³/mol. The summed E-state index contributed by atoms with van der Waals surface area (Å²) in [6.45, 7) is 10.0. The van der Waals surface area contributed by atoms with Gasteiger partial charge in [-0.1, -0.05) is 69.8 Å². The first-order chi connectivity index (χ1) is 16.2. The quantitative estimate of drug-likeness (QED) is 0.428. The Morgan fingerprint density at radius 2 is 1.74 bits per heavy atom. The largest absolute Gasteiger partial charge is 0.345 e. The molecule has 0 aliphatic heterocycles. The van der Waals surface area contributed by atoms with Gasteiger partial charge in [0.05, 0.1) is 13.1 Å². The van der Waals surface area contributed by atoms with Crippen LogP contribution in [0.15, 0.2) is 42.6 Å². The van der Waals surface area contributed by atoms with Crippen LogP contribution in [0.4, 0.5) is 0 Å². The van der Waals surface area contributed by atoms with Crippen LogP contribution in [-0.4, -0.2) is 45.3 Å². The van der Waals surface area contributed by atoms with Crippen LogP contribution in [0.2, 0.25) is 5.02 Å². The highest BCUT2D eigenvalue weighted by molar-refractivity contribution is 6.31. The highest BCUT2D eigenvalue weighted by Crippen LogP contribution is 2.26. The third-order valence-corrected chi connectivity index (χ3v) is 7.00. The predicted octanol–water partition coefficient (Wildman–Crippen LogP) is 6.14. The molecule has 1 aliphatic carbocycles. The summed E-state index contributed by atoms with van der Waals surface area (Å²) in [5.41, 5.74) is 2.04. The van der Waals surface area contributed by atoms with Gasteiger partial charge in [-0.25, -0.2) is 0 Å². The van der Waals surface area contributed by atoms with Crippen LogP contribution >= 0.6 is 11.6 Å². The lowest BCUT2D eigenvalue weighted by molar-refractivity contribution is -0.143. The van der Waals surface area contributed by atoms with Crippen molar-refractivity contribution >= 4 is 23.4 Å². The number of carbonyl (C=O) groups excluding carboxylic acids is 2. The molecular formula is C28H40ClN3O2. The Morgan fingerprint density at radius 1 is 1.03 bits per heavy atom. The lowest BCUT2D eigenvalue weighted by Crippen LogP contribution is -2.48. The molecule has 3 rings (SSSR count). The van der Waals surface area contributed by atoms with Crippen molar-refractivity contribution in [2.45, 2.75) is 85.4 Å². The molecule has 1 saturated carbocycles. The number of rotatable bonds is 9. The Morgan fingerprint density at radius 3 is 2.38 bits per heavy atom. The van der Waals surface area contributed by atoms with E-state index in [1.165, 1.54) is 6.42 Å². The van der Waals surface area contributed by atoms with Crippen molar-refractivity contribution in [1.82, 2.24) is 14.4 Å². The van der Waals surface area contributed by atoms with Crippen molar-refractivity contribution in [3.63, 3.8) is 0 Å². The third-order valence-electron chi connectivity index (χ3n) is 6.63. The van der Waals surface area contributed by atoms with E-state index in [4.69, 9.17) is 11.6 Å². The smallest absolute Gasteiger partial charge is 0.242 e. The Kier molecular flexibility index (Phi) is 9.24. The SMILES string of the molecule is CCN(CC(=O)N(Cc1cccn1Cc1ccccc1Cl)C1CCCCC1)C(=O)CC(C)(C)C. The summed E-state index contributed by atoms with van der Waals surface area (Å²) in [6, 6.07) is 12.2. The Bertz CT molecular complexity index is 957. The molecule has 1 aromatic carbocycles. The van der Waals surface area contributed by atoms with E-state index in [1.54, 1.807) is 4.90 Å². The Hall–Kier alpha value is -2.27. The van der Waals surface area contributed by atoms with E-state index < -0.39 is 0 Å². The van der Waals surface area contributed by atoms with Gasteiger partial charge in [-0.3, -0.25) is 9.59 Å². The summed E-state index contributed by atoms with van der Waals surface area (Å²) in [7, 11) is 0. The van der Waals surface area contributed by atoms with Crippen LogP contribution in [0.25, 0.3) is 0 Å². The van der Waals surface area contributed by atoms with E-state index in [9.17, 15) is 9.59 Å². The highest BCUT2D eigenvalue weighted by atomic mass is 35.5. The van der Waals surface area contributed by atoms with Crippen molar-refractivity contribution in [2.24, 2.45) is 5.41 Å². The number of amides is 2. The van der Waals surface area contributed by atoms with Crippen molar-refractivity contribution in [2.75, 3.05) is 13.1 Å². The minimum atomic E-state index is -0.101. The Balaban J connectivity index is 1.78. The number of benzene rings is 1. The minimum Gasteiger partial charge on any atom is -0.345 e. The van der Waals surface area contributed by atoms with E-state index in [1.807, 2.05) is 48.4 Å². The molecule has 0 radical (unpaired) electrons. The third kappa shape index (κ3) is 7.36. The number of aromatic nitrogens is 1. The van der Waals surface area contributed by atoms with Crippen molar-refractivity contribution < 1.29 is 9.59 Å². The normalized spacial score (nSPS) is 14.7. The lowest BCUT2D eigenvalue weighted by atomic mass is 9.91. The molecule has 0 atom stereocenters. The maximum atomic E-state index is 13.6. The molecule has 6 heteroatoms. The number of nitrogens with zero attached hydrogens (tertiary/aromatic N) is 3. The second kappa shape index (κ2) is 11.9. The molecule has 1 aromatic heterocycles. The van der Waals surface area contributed by atoms with Crippen LogP contribution in [0.3, 0.4) is 0 Å². The standard InChI is InChI=1S/C28H40ClN3O2/c1-5-30(26(33)18-28(2,3)4)21-27(34)32(23-13-7-6-8-14-23)20-24-15-11-17-31(24)19-22-12-9-10-16-25(22)29/h9-12,15-17,23H,5-8,13-14,18-21H2,1-4H3. The van der Waals surface area contributed by atoms with Crippen LogP contribution in [-0.2, 0) is 22.7 Å². The summed E-state index contributed by atoms with van der Waals surface area (Å²) in [6.07, 6.45) is 8.07. The van der Waals surface area contributed by atoms with Gasteiger partial charge < -0.3 is 14.4 Å². The lowest BCUT2D eigenvalue weighted by Gasteiger charge is -2.36. The van der Waals surface area contributed by atoms with Crippen molar-refractivity contribution in [3.05, 3.63) is 58.9 Å². The average Bonchev–Trinajstić information content (AvgIpc) is 3.23. The van der Waals surface area contributed by atoms with Gasteiger partial charge in [-0.15, -0.1) is 0 Å². The molecule has 2 aromatic rings. The highest BCUT2D eigenvalue weighted by Gasteiger charge is 2.29. The minimum absolute atomic E-state index is 0.0431.